The van der Waals surface area contributed by atoms with Gasteiger partial charge < -0.3 is 15.0 Å². The van der Waals surface area contributed by atoms with Crippen LogP contribution in [0.2, 0.25) is 5.02 Å². The molecule has 25 heavy (non-hydrogen) atoms. The van der Waals surface area contributed by atoms with Gasteiger partial charge in [0, 0.05) is 22.9 Å². The minimum Gasteiger partial charge on any atom is -0.488 e. The average molecular weight is 381 g/mol. The number of halogens is 1. The molecular formula is C18H21ClN2O3S. The van der Waals surface area contributed by atoms with Crippen LogP contribution in [0.25, 0.3) is 6.08 Å². The molecule has 3 rings (SSSR count). The molecular weight excluding hydrogens is 360 g/mol. The van der Waals surface area contributed by atoms with Gasteiger partial charge in [-0.3, -0.25) is 9.59 Å². The molecule has 0 aromatic heterocycles. The number of rotatable bonds is 4. The molecule has 0 saturated carbocycles. The summed E-state index contributed by atoms with van der Waals surface area (Å²) >= 11 is 7.61. The molecule has 1 aromatic carbocycles. The molecule has 1 unspecified atom stereocenters. The van der Waals surface area contributed by atoms with Crippen molar-refractivity contribution in [1.82, 2.24) is 10.2 Å². The largest absolute Gasteiger partial charge is 0.488 e. The van der Waals surface area contributed by atoms with E-state index in [-0.39, 0.29) is 18.4 Å². The van der Waals surface area contributed by atoms with Crippen LogP contribution in [0.4, 0.5) is 0 Å². The predicted octanol–water partition coefficient (Wildman–Crippen LogP) is 2.79. The maximum Gasteiger partial charge on any atom is 0.254 e. The summed E-state index contributed by atoms with van der Waals surface area (Å²) < 4.78 is 5.66. The van der Waals surface area contributed by atoms with Gasteiger partial charge in [-0.15, -0.1) is 11.8 Å². The van der Waals surface area contributed by atoms with Crippen LogP contribution in [0.15, 0.2) is 23.8 Å². The lowest BCUT2D eigenvalue weighted by Crippen LogP contribution is -2.48. The average Bonchev–Trinajstić information content (AvgIpc) is 3.08. The molecule has 0 aliphatic carbocycles. The number of carbonyl (C=O) groups excluding carboxylic acids is 2. The van der Waals surface area contributed by atoms with E-state index < -0.39 is 6.04 Å². The maximum atomic E-state index is 12.9. The first-order chi connectivity index (χ1) is 12.0. The summed E-state index contributed by atoms with van der Waals surface area (Å²) in [4.78, 5) is 26.9. The van der Waals surface area contributed by atoms with E-state index in [1.54, 1.807) is 40.9 Å². The highest BCUT2D eigenvalue weighted by atomic mass is 35.5. The number of carbonyl (C=O) groups is 2. The Balaban J connectivity index is 1.75. The van der Waals surface area contributed by atoms with Crippen molar-refractivity contribution < 1.29 is 14.3 Å². The zero-order valence-electron chi connectivity index (χ0n) is 14.3. The fourth-order valence-electron chi connectivity index (χ4n) is 2.74. The number of nitrogens with zero attached hydrogens (tertiary/aromatic N) is 1. The van der Waals surface area contributed by atoms with Gasteiger partial charge in [-0.2, -0.15) is 0 Å². The predicted molar refractivity (Wildman–Crippen MR) is 101 cm³/mol. The van der Waals surface area contributed by atoms with Crippen LogP contribution in [-0.4, -0.2) is 47.5 Å². The Kier molecular flexibility index (Phi) is 5.59. The summed E-state index contributed by atoms with van der Waals surface area (Å²) in [6, 6.07) is 4.89. The number of fused-ring (bicyclic) bond motifs is 1. The number of thioether (sulfide) groups is 1. The molecule has 1 saturated heterocycles. The zero-order valence-corrected chi connectivity index (χ0v) is 15.8. The van der Waals surface area contributed by atoms with Crippen LogP contribution in [-0.2, 0) is 9.59 Å². The van der Waals surface area contributed by atoms with E-state index in [2.05, 4.69) is 5.32 Å². The van der Waals surface area contributed by atoms with Gasteiger partial charge in [0.05, 0.1) is 11.4 Å². The number of hydrogen-bond donors (Lipinski definition) is 1. The highest BCUT2D eigenvalue weighted by Gasteiger charge is 2.36. The van der Waals surface area contributed by atoms with E-state index in [1.807, 2.05) is 13.8 Å². The lowest BCUT2D eigenvalue weighted by molar-refractivity contribution is -0.135. The van der Waals surface area contributed by atoms with Crippen molar-refractivity contribution in [2.24, 2.45) is 5.92 Å². The van der Waals surface area contributed by atoms with Crippen LogP contribution >= 0.6 is 23.4 Å². The van der Waals surface area contributed by atoms with Gasteiger partial charge >= 0.3 is 0 Å². The van der Waals surface area contributed by atoms with Crippen LogP contribution in [0.5, 0.6) is 5.75 Å². The van der Waals surface area contributed by atoms with Gasteiger partial charge in [-0.1, -0.05) is 25.4 Å². The normalized spacial score (nSPS) is 19.3. The fraction of sp³-hybridized carbons (Fsp3) is 0.444. The topological polar surface area (TPSA) is 58.6 Å². The van der Waals surface area contributed by atoms with E-state index in [0.717, 1.165) is 5.56 Å². The third-order valence-corrected chi connectivity index (χ3v) is 5.34. The van der Waals surface area contributed by atoms with Crippen molar-refractivity contribution in [1.29, 1.82) is 0 Å². The molecule has 2 amide bonds. The van der Waals surface area contributed by atoms with E-state index in [4.69, 9.17) is 16.3 Å². The summed E-state index contributed by atoms with van der Waals surface area (Å²) in [7, 11) is 0. The Bertz CT molecular complexity index is 720. The summed E-state index contributed by atoms with van der Waals surface area (Å²) in [6.45, 7) is 4.90. The highest BCUT2D eigenvalue weighted by molar-refractivity contribution is 7.99. The molecule has 1 atom stereocenters. The Morgan fingerprint density at radius 2 is 2.24 bits per heavy atom. The van der Waals surface area contributed by atoms with Crippen LogP contribution in [0.1, 0.15) is 19.4 Å². The number of nitrogens with one attached hydrogen (secondary N) is 1. The van der Waals surface area contributed by atoms with Gasteiger partial charge in [0.15, 0.2) is 0 Å². The van der Waals surface area contributed by atoms with Crippen molar-refractivity contribution >= 4 is 41.3 Å². The SMILES string of the molecule is CC(C)CNC(=O)C1CSCN1C(=O)C1=Cc2cc(Cl)ccc2OC1. The molecule has 1 aromatic rings. The van der Waals surface area contributed by atoms with E-state index >= 15 is 0 Å². The van der Waals surface area contributed by atoms with Gasteiger partial charge in [-0.05, 0) is 30.2 Å². The molecule has 0 bridgehead atoms. The molecule has 5 nitrogen and oxygen atoms in total. The van der Waals surface area contributed by atoms with Crippen molar-refractivity contribution in [3.05, 3.63) is 34.4 Å². The summed E-state index contributed by atoms with van der Waals surface area (Å²) in [5.74, 6) is 1.97. The highest BCUT2D eigenvalue weighted by Crippen LogP contribution is 2.31. The Morgan fingerprint density at radius 3 is 3.00 bits per heavy atom. The second-order valence-corrected chi connectivity index (χ2v) is 8.01. The van der Waals surface area contributed by atoms with Crippen LogP contribution in [0, 0.1) is 5.92 Å². The molecule has 134 valence electrons. The molecule has 1 N–H and O–H groups in total. The molecule has 2 aliphatic rings. The zero-order chi connectivity index (χ0) is 18.0. The first-order valence-corrected chi connectivity index (χ1v) is 9.78. The first-order valence-electron chi connectivity index (χ1n) is 8.25. The van der Waals surface area contributed by atoms with E-state index in [9.17, 15) is 9.59 Å². The fourth-order valence-corrected chi connectivity index (χ4v) is 4.07. The van der Waals surface area contributed by atoms with Crippen LogP contribution < -0.4 is 10.1 Å². The van der Waals surface area contributed by atoms with Crippen molar-refractivity contribution in [2.45, 2.75) is 19.9 Å². The quantitative estimate of drug-likeness (QED) is 0.872. The molecule has 7 heteroatoms. The third kappa shape index (κ3) is 4.12. The monoisotopic (exact) mass is 380 g/mol. The second kappa shape index (κ2) is 7.70. The number of hydrogen-bond acceptors (Lipinski definition) is 4. The van der Waals surface area contributed by atoms with Crippen molar-refractivity contribution in [2.75, 3.05) is 24.8 Å². The Hall–Kier alpha value is -1.66. The molecule has 1 fully saturated rings. The molecule has 0 radical (unpaired) electrons. The minimum atomic E-state index is -0.432. The lowest BCUT2D eigenvalue weighted by atomic mass is 10.1. The minimum absolute atomic E-state index is 0.0900. The molecule has 2 aliphatic heterocycles. The molecule has 2 heterocycles. The maximum absolute atomic E-state index is 12.9. The van der Waals surface area contributed by atoms with E-state index in [1.165, 1.54) is 0 Å². The van der Waals surface area contributed by atoms with Gasteiger partial charge in [0.1, 0.15) is 18.4 Å². The summed E-state index contributed by atoms with van der Waals surface area (Å²) in [5.41, 5.74) is 1.33. The smallest absolute Gasteiger partial charge is 0.254 e. The van der Waals surface area contributed by atoms with E-state index in [0.29, 0.717) is 40.4 Å². The van der Waals surface area contributed by atoms with Gasteiger partial charge in [0.2, 0.25) is 5.91 Å². The number of amides is 2. The van der Waals surface area contributed by atoms with Crippen molar-refractivity contribution in [3.8, 4) is 5.75 Å². The van der Waals surface area contributed by atoms with Gasteiger partial charge in [-0.25, -0.2) is 0 Å². The van der Waals surface area contributed by atoms with Crippen LogP contribution in [0.3, 0.4) is 0 Å². The number of ether oxygens (including phenoxy) is 1. The lowest BCUT2D eigenvalue weighted by Gasteiger charge is -2.26. The summed E-state index contributed by atoms with van der Waals surface area (Å²) in [5, 5.41) is 3.51. The Morgan fingerprint density at radius 1 is 1.44 bits per heavy atom. The standard InChI is InChI=1S/C18H21ClN2O3S/c1-11(2)7-20-17(22)15-9-25-10-21(15)18(23)13-5-12-6-14(19)3-4-16(12)24-8-13/h3-6,11,15H,7-10H2,1-2H3,(H,20,22). The Labute approximate surface area is 156 Å². The van der Waals surface area contributed by atoms with Crippen molar-refractivity contribution in [3.63, 3.8) is 0 Å². The third-order valence-electron chi connectivity index (χ3n) is 4.09. The number of benzene rings is 1. The first kappa shape index (κ1) is 18.1. The second-order valence-electron chi connectivity index (χ2n) is 6.57. The molecule has 0 spiro atoms. The summed E-state index contributed by atoms with van der Waals surface area (Å²) in [6.07, 6.45) is 1.80. The van der Waals surface area contributed by atoms with Gasteiger partial charge in [0.25, 0.3) is 5.91 Å².